The van der Waals surface area contributed by atoms with Gasteiger partial charge in [0.1, 0.15) is 0 Å². The highest BCUT2D eigenvalue weighted by Gasteiger charge is 2.16. The quantitative estimate of drug-likeness (QED) is 0.508. The molecule has 0 amide bonds. The molecule has 3 aromatic rings. The van der Waals surface area contributed by atoms with Crippen LogP contribution in [0, 0.1) is 11.6 Å². The number of carbonyl (C=O) groups excluding carboxylic acids is 1. The summed E-state index contributed by atoms with van der Waals surface area (Å²) in [6, 6.07) is 13.7. The van der Waals surface area contributed by atoms with E-state index in [2.05, 4.69) is 0 Å². The Morgan fingerprint density at radius 1 is 0.960 bits per heavy atom. The van der Waals surface area contributed by atoms with Crippen LogP contribution in [0.2, 0.25) is 0 Å². The number of halogens is 2. The molecule has 0 aliphatic carbocycles. The topological polar surface area (TPSA) is 26.3 Å². The van der Waals surface area contributed by atoms with Gasteiger partial charge in [-0.05, 0) is 41.8 Å². The highest BCUT2D eigenvalue weighted by Crippen LogP contribution is 2.33. The lowest BCUT2D eigenvalue weighted by atomic mass is 10.0. The van der Waals surface area contributed by atoms with Crippen molar-refractivity contribution >= 4 is 17.6 Å². The van der Waals surface area contributed by atoms with Crippen LogP contribution in [0.3, 0.4) is 0 Å². The van der Waals surface area contributed by atoms with Gasteiger partial charge in [0.15, 0.2) is 17.9 Å². The lowest BCUT2D eigenvalue weighted by molar-refractivity contribution is 0.112. The van der Waals surface area contributed by atoms with E-state index in [1.807, 2.05) is 25.1 Å². The second kappa shape index (κ2) is 7.57. The SMILES string of the molecule is CCCOc1ccc(-c2ccc(-c3ccc(C=O)s3)cc2)c(F)c1F. The largest absolute Gasteiger partial charge is 0.490 e. The Kier molecular flexibility index (Phi) is 5.24. The van der Waals surface area contributed by atoms with E-state index in [4.69, 9.17) is 4.74 Å². The zero-order valence-electron chi connectivity index (χ0n) is 13.6. The molecule has 0 spiro atoms. The average Bonchev–Trinajstić information content (AvgIpc) is 3.12. The zero-order chi connectivity index (χ0) is 17.8. The minimum absolute atomic E-state index is 0.0697. The first-order valence-electron chi connectivity index (χ1n) is 7.90. The van der Waals surface area contributed by atoms with E-state index >= 15 is 0 Å². The monoisotopic (exact) mass is 358 g/mol. The number of carbonyl (C=O) groups is 1. The van der Waals surface area contributed by atoms with E-state index in [0.29, 0.717) is 17.0 Å². The van der Waals surface area contributed by atoms with Gasteiger partial charge in [-0.2, -0.15) is 4.39 Å². The van der Waals surface area contributed by atoms with Crippen LogP contribution in [-0.4, -0.2) is 12.9 Å². The van der Waals surface area contributed by atoms with Crippen molar-refractivity contribution in [3.63, 3.8) is 0 Å². The first kappa shape index (κ1) is 17.3. The highest BCUT2D eigenvalue weighted by atomic mass is 32.1. The molecule has 3 rings (SSSR count). The fourth-order valence-electron chi connectivity index (χ4n) is 2.46. The van der Waals surface area contributed by atoms with Crippen LogP contribution >= 0.6 is 11.3 Å². The summed E-state index contributed by atoms with van der Waals surface area (Å²) in [5, 5.41) is 0. The molecule has 0 aliphatic rings. The Labute approximate surface area is 148 Å². The molecule has 25 heavy (non-hydrogen) atoms. The number of rotatable bonds is 6. The summed E-state index contributed by atoms with van der Waals surface area (Å²) in [5.74, 6) is -1.95. The van der Waals surface area contributed by atoms with Crippen molar-refractivity contribution in [2.24, 2.45) is 0 Å². The van der Waals surface area contributed by atoms with Crippen molar-refractivity contribution in [3.8, 4) is 27.3 Å². The smallest absolute Gasteiger partial charge is 0.201 e. The number of thiophene rings is 1. The molecule has 1 heterocycles. The lowest BCUT2D eigenvalue weighted by Gasteiger charge is -2.10. The van der Waals surface area contributed by atoms with Crippen LogP contribution in [0.1, 0.15) is 23.0 Å². The standard InChI is InChI=1S/C20H16F2O2S/c1-2-11-24-17-9-8-16(19(21)20(17)22)13-3-5-14(6-4-13)18-10-7-15(12-23)25-18/h3-10,12H,2,11H2,1H3. The van der Waals surface area contributed by atoms with Crippen molar-refractivity contribution in [1.29, 1.82) is 0 Å². The predicted molar refractivity (Wildman–Crippen MR) is 96.3 cm³/mol. The number of hydrogen-bond donors (Lipinski definition) is 0. The third-order valence-corrected chi connectivity index (χ3v) is 4.79. The van der Waals surface area contributed by atoms with Gasteiger partial charge >= 0.3 is 0 Å². The molecule has 0 bridgehead atoms. The molecular formula is C20H16F2O2S. The van der Waals surface area contributed by atoms with Crippen LogP contribution in [-0.2, 0) is 0 Å². The molecule has 2 aromatic carbocycles. The molecule has 0 saturated carbocycles. The Balaban J connectivity index is 1.89. The Morgan fingerprint density at radius 2 is 1.68 bits per heavy atom. The van der Waals surface area contributed by atoms with Crippen molar-refractivity contribution in [3.05, 3.63) is 65.0 Å². The van der Waals surface area contributed by atoms with Crippen LogP contribution in [0.5, 0.6) is 5.75 Å². The number of benzene rings is 2. The van der Waals surface area contributed by atoms with Gasteiger partial charge in [-0.1, -0.05) is 31.2 Å². The summed E-state index contributed by atoms with van der Waals surface area (Å²) in [4.78, 5) is 12.4. The molecular weight excluding hydrogens is 342 g/mol. The summed E-state index contributed by atoms with van der Waals surface area (Å²) in [6.45, 7) is 2.24. The minimum atomic E-state index is -0.969. The first-order valence-corrected chi connectivity index (χ1v) is 8.72. The third-order valence-electron chi connectivity index (χ3n) is 3.73. The second-order valence-electron chi connectivity index (χ2n) is 5.48. The molecule has 128 valence electrons. The number of ether oxygens (including phenoxy) is 1. The third kappa shape index (κ3) is 3.61. The maximum Gasteiger partial charge on any atom is 0.201 e. The fraction of sp³-hybridized carbons (Fsp3) is 0.150. The molecule has 1 aromatic heterocycles. The van der Waals surface area contributed by atoms with Gasteiger partial charge in [-0.15, -0.1) is 11.3 Å². The van der Waals surface area contributed by atoms with Crippen LogP contribution in [0.15, 0.2) is 48.5 Å². The highest BCUT2D eigenvalue weighted by molar-refractivity contribution is 7.17. The van der Waals surface area contributed by atoms with E-state index in [9.17, 15) is 13.6 Å². The van der Waals surface area contributed by atoms with Gasteiger partial charge in [0, 0.05) is 10.4 Å². The molecule has 0 N–H and O–H groups in total. The van der Waals surface area contributed by atoms with Crippen LogP contribution < -0.4 is 4.74 Å². The minimum Gasteiger partial charge on any atom is -0.490 e. The first-order chi connectivity index (χ1) is 12.1. The molecule has 0 radical (unpaired) electrons. The maximum absolute atomic E-state index is 14.4. The van der Waals surface area contributed by atoms with Gasteiger partial charge < -0.3 is 4.74 Å². The Bertz CT molecular complexity index is 885. The fourth-order valence-corrected chi connectivity index (χ4v) is 3.29. The summed E-state index contributed by atoms with van der Waals surface area (Å²) in [7, 11) is 0. The van der Waals surface area contributed by atoms with Gasteiger partial charge in [-0.3, -0.25) is 4.79 Å². The van der Waals surface area contributed by atoms with Crippen LogP contribution in [0.25, 0.3) is 21.6 Å². The summed E-state index contributed by atoms with van der Waals surface area (Å²) in [6.07, 6.45) is 1.53. The Morgan fingerprint density at radius 3 is 2.32 bits per heavy atom. The van der Waals surface area contributed by atoms with Gasteiger partial charge in [0.25, 0.3) is 0 Å². The van der Waals surface area contributed by atoms with Gasteiger partial charge in [0.2, 0.25) is 5.82 Å². The summed E-state index contributed by atoms with van der Waals surface area (Å²) < 4.78 is 33.7. The zero-order valence-corrected chi connectivity index (χ0v) is 14.4. The molecule has 0 aliphatic heterocycles. The van der Waals surface area contributed by atoms with Crippen molar-refractivity contribution in [1.82, 2.24) is 0 Å². The lowest BCUT2D eigenvalue weighted by Crippen LogP contribution is -2.00. The normalized spacial score (nSPS) is 10.7. The number of aldehydes is 1. The van der Waals surface area contributed by atoms with E-state index in [1.54, 1.807) is 18.2 Å². The van der Waals surface area contributed by atoms with Crippen molar-refractivity contribution in [2.45, 2.75) is 13.3 Å². The van der Waals surface area contributed by atoms with Crippen molar-refractivity contribution < 1.29 is 18.3 Å². The number of hydrogen-bond acceptors (Lipinski definition) is 3. The molecule has 0 saturated heterocycles. The molecule has 5 heteroatoms. The summed E-state index contributed by atoms with van der Waals surface area (Å²) >= 11 is 1.38. The maximum atomic E-state index is 14.4. The van der Waals surface area contributed by atoms with E-state index in [1.165, 1.54) is 23.5 Å². The predicted octanol–water partition coefficient (Wildman–Crippen LogP) is 5.96. The molecule has 2 nitrogen and oxygen atoms in total. The van der Waals surface area contributed by atoms with E-state index in [-0.39, 0.29) is 11.3 Å². The van der Waals surface area contributed by atoms with Gasteiger partial charge in [-0.25, -0.2) is 4.39 Å². The van der Waals surface area contributed by atoms with Crippen LogP contribution in [0.4, 0.5) is 8.78 Å². The van der Waals surface area contributed by atoms with Gasteiger partial charge in [0.05, 0.1) is 11.5 Å². The van der Waals surface area contributed by atoms with E-state index in [0.717, 1.165) is 23.1 Å². The molecule has 0 atom stereocenters. The molecule has 0 unspecified atom stereocenters. The second-order valence-corrected chi connectivity index (χ2v) is 6.60. The van der Waals surface area contributed by atoms with E-state index < -0.39 is 11.6 Å². The summed E-state index contributed by atoms with van der Waals surface area (Å²) in [5.41, 5.74) is 1.69. The van der Waals surface area contributed by atoms with Crippen molar-refractivity contribution in [2.75, 3.05) is 6.61 Å². The Hall–Kier alpha value is -2.53. The average molecular weight is 358 g/mol. The molecule has 0 fully saturated rings.